The van der Waals surface area contributed by atoms with Crippen LogP contribution >= 0.6 is 0 Å². The van der Waals surface area contributed by atoms with Gasteiger partial charge in [0.05, 0.1) is 5.56 Å². The van der Waals surface area contributed by atoms with E-state index < -0.39 is 29.5 Å². The first kappa shape index (κ1) is 18.9. The van der Waals surface area contributed by atoms with Crippen LogP contribution in [-0.4, -0.2) is 11.0 Å². The Morgan fingerprint density at radius 1 is 0.960 bits per heavy atom. The highest BCUT2D eigenvalue weighted by Crippen LogP contribution is 2.38. The van der Waals surface area contributed by atoms with Crippen molar-refractivity contribution >= 4 is 0 Å². The lowest BCUT2D eigenvalue weighted by Gasteiger charge is -2.25. The third kappa shape index (κ3) is 4.57. The van der Waals surface area contributed by atoms with Gasteiger partial charge in [-0.05, 0) is 23.3 Å². The second kappa shape index (κ2) is 7.23. The Bertz CT molecular complexity index is 708. The van der Waals surface area contributed by atoms with E-state index >= 15 is 0 Å². The summed E-state index contributed by atoms with van der Waals surface area (Å²) in [4.78, 5) is 0. The van der Waals surface area contributed by atoms with Crippen molar-refractivity contribution in [3.63, 3.8) is 0 Å². The highest BCUT2D eigenvalue weighted by Gasteiger charge is 2.44. The number of aliphatic hydroxyl groups excluding tert-OH is 1. The van der Waals surface area contributed by atoms with Crippen LogP contribution in [0.2, 0.25) is 0 Å². The molecule has 0 amide bonds. The first-order valence-electron chi connectivity index (χ1n) is 7.21. The lowest BCUT2D eigenvalue weighted by Crippen LogP contribution is -2.29. The van der Waals surface area contributed by atoms with Crippen molar-refractivity contribution in [3.8, 4) is 0 Å². The van der Waals surface area contributed by atoms with E-state index in [1.807, 2.05) is 0 Å². The van der Waals surface area contributed by atoms with E-state index in [4.69, 9.17) is 4.74 Å². The zero-order valence-corrected chi connectivity index (χ0v) is 12.9. The molecule has 0 saturated heterocycles. The molecule has 0 fully saturated rings. The fraction of sp³-hybridized carbons (Fsp3) is 0.222. The summed E-state index contributed by atoms with van der Waals surface area (Å²) < 4.78 is 70.9. The van der Waals surface area contributed by atoms with Crippen molar-refractivity contribution in [2.75, 3.05) is 0 Å². The predicted octanol–water partition coefficient (Wildman–Crippen LogP) is 5.10. The van der Waals surface area contributed by atoms with E-state index in [1.54, 1.807) is 30.3 Å². The maximum atomic E-state index is 14.2. The second-order valence-corrected chi connectivity index (χ2v) is 5.34. The molecule has 134 valence electrons. The van der Waals surface area contributed by atoms with Gasteiger partial charge in [-0.3, -0.25) is 0 Å². The molecule has 7 heteroatoms. The molecule has 2 aromatic carbocycles. The largest absolute Gasteiger partial charge is 0.487 e. The van der Waals surface area contributed by atoms with Crippen LogP contribution in [0.4, 0.5) is 22.0 Å². The normalized spacial score (nSPS) is 13.4. The Kier molecular flexibility index (Phi) is 5.47. The molecule has 2 nitrogen and oxygen atoms in total. The smallest absolute Gasteiger partial charge is 0.416 e. The highest BCUT2D eigenvalue weighted by atomic mass is 19.4. The summed E-state index contributed by atoms with van der Waals surface area (Å²) in [5, 5.41) is 9.84. The van der Waals surface area contributed by atoms with Crippen LogP contribution in [0, 0.1) is 0 Å². The average molecular weight is 358 g/mol. The van der Waals surface area contributed by atoms with Crippen molar-refractivity contribution in [1.82, 2.24) is 0 Å². The summed E-state index contributed by atoms with van der Waals surface area (Å²) in [5.41, 5.74) is -0.739. The third-order valence-corrected chi connectivity index (χ3v) is 3.52. The first-order valence-corrected chi connectivity index (χ1v) is 7.21. The lowest BCUT2D eigenvalue weighted by atomic mass is 10.0. The minimum absolute atomic E-state index is 0.172. The van der Waals surface area contributed by atoms with Crippen LogP contribution in [0.15, 0.2) is 66.9 Å². The standard InChI is InChI=1S/C18H15F5O2/c1-12(25-11-13-5-3-2-4-6-13)17(19,20)16(24)14-7-9-15(10-8-14)18(21,22)23/h2-10,16,24H,1,11H2/t16-/m0/s1. The van der Waals surface area contributed by atoms with E-state index in [-0.39, 0.29) is 12.2 Å². The van der Waals surface area contributed by atoms with Gasteiger partial charge in [0.1, 0.15) is 6.61 Å². The number of alkyl halides is 5. The Morgan fingerprint density at radius 3 is 2.04 bits per heavy atom. The highest BCUT2D eigenvalue weighted by molar-refractivity contribution is 5.28. The fourth-order valence-electron chi connectivity index (χ4n) is 2.06. The molecule has 2 aromatic rings. The van der Waals surface area contributed by atoms with E-state index in [2.05, 4.69) is 6.58 Å². The van der Waals surface area contributed by atoms with Crippen LogP contribution in [0.3, 0.4) is 0 Å². The summed E-state index contributed by atoms with van der Waals surface area (Å²) in [7, 11) is 0. The number of hydrogen-bond acceptors (Lipinski definition) is 2. The van der Waals surface area contributed by atoms with Gasteiger partial charge in [0.25, 0.3) is 0 Å². The molecule has 1 N–H and O–H groups in total. The zero-order valence-electron chi connectivity index (χ0n) is 12.9. The monoisotopic (exact) mass is 358 g/mol. The maximum absolute atomic E-state index is 14.2. The Labute approximate surface area is 141 Å². The molecule has 0 aliphatic rings. The zero-order chi connectivity index (χ0) is 18.7. The molecule has 0 saturated carbocycles. The second-order valence-electron chi connectivity index (χ2n) is 5.34. The minimum atomic E-state index is -4.59. The molecule has 0 spiro atoms. The van der Waals surface area contributed by atoms with Gasteiger partial charge in [-0.2, -0.15) is 22.0 Å². The van der Waals surface area contributed by atoms with Gasteiger partial charge in [-0.25, -0.2) is 0 Å². The van der Waals surface area contributed by atoms with E-state index in [1.165, 1.54) is 0 Å². The SMILES string of the molecule is C=C(OCc1ccccc1)C(F)(F)[C@@H](O)c1ccc(C(F)(F)F)cc1. The lowest BCUT2D eigenvalue weighted by molar-refractivity contribution is -0.137. The topological polar surface area (TPSA) is 29.5 Å². The van der Waals surface area contributed by atoms with Crippen molar-refractivity contribution < 1.29 is 31.8 Å². The number of hydrogen-bond donors (Lipinski definition) is 1. The van der Waals surface area contributed by atoms with Crippen LogP contribution < -0.4 is 0 Å². The van der Waals surface area contributed by atoms with Crippen molar-refractivity contribution in [3.05, 3.63) is 83.6 Å². The predicted molar refractivity (Wildman–Crippen MR) is 81.7 cm³/mol. The average Bonchev–Trinajstić information content (AvgIpc) is 2.59. The summed E-state index contributed by atoms with van der Waals surface area (Å²) >= 11 is 0. The molecule has 0 radical (unpaired) electrons. The van der Waals surface area contributed by atoms with Gasteiger partial charge in [0.15, 0.2) is 11.9 Å². The minimum Gasteiger partial charge on any atom is -0.487 e. The number of benzene rings is 2. The summed E-state index contributed by atoms with van der Waals surface area (Å²) in [6.07, 6.45) is -6.97. The molecule has 25 heavy (non-hydrogen) atoms. The van der Waals surface area contributed by atoms with Crippen molar-refractivity contribution in [2.24, 2.45) is 0 Å². The summed E-state index contributed by atoms with van der Waals surface area (Å²) in [6, 6.07) is 11.3. The fourth-order valence-corrected chi connectivity index (χ4v) is 2.06. The van der Waals surface area contributed by atoms with Crippen LogP contribution in [0.5, 0.6) is 0 Å². The molecular weight excluding hydrogens is 343 g/mol. The van der Waals surface area contributed by atoms with Gasteiger partial charge in [-0.15, -0.1) is 0 Å². The Hall–Kier alpha value is -2.41. The van der Waals surface area contributed by atoms with Crippen molar-refractivity contribution in [1.29, 1.82) is 0 Å². The number of aliphatic hydroxyl groups is 1. The van der Waals surface area contributed by atoms with Gasteiger partial charge in [-0.1, -0.05) is 49.0 Å². The summed E-state index contributed by atoms with van der Waals surface area (Å²) in [5.74, 6) is -4.84. The van der Waals surface area contributed by atoms with Gasteiger partial charge in [0, 0.05) is 0 Å². The van der Waals surface area contributed by atoms with Gasteiger partial charge >= 0.3 is 12.1 Å². The molecule has 0 aliphatic carbocycles. The van der Waals surface area contributed by atoms with Crippen LogP contribution in [0.25, 0.3) is 0 Å². The molecule has 0 heterocycles. The quantitative estimate of drug-likeness (QED) is 0.575. The first-order chi connectivity index (χ1) is 11.6. The molecular formula is C18H15F5O2. The molecule has 0 bridgehead atoms. The number of halogens is 5. The molecule has 2 rings (SSSR count). The Balaban J connectivity index is 2.07. The van der Waals surface area contributed by atoms with E-state index in [9.17, 15) is 27.1 Å². The molecule has 1 atom stereocenters. The molecule has 0 aliphatic heterocycles. The van der Waals surface area contributed by atoms with Gasteiger partial charge in [0.2, 0.25) is 0 Å². The number of rotatable bonds is 6. The molecule has 0 aromatic heterocycles. The number of ether oxygens (including phenoxy) is 1. The third-order valence-electron chi connectivity index (χ3n) is 3.52. The van der Waals surface area contributed by atoms with Crippen LogP contribution in [0.1, 0.15) is 22.8 Å². The Morgan fingerprint density at radius 2 is 1.52 bits per heavy atom. The van der Waals surface area contributed by atoms with E-state index in [0.29, 0.717) is 17.7 Å². The summed E-state index contributed by atoms with van der Waals surface area (Å²) in [6.45, 7) is 2.96. The van der Waals surface area contributed by atoms with Crippen molar-refractivity contribution in [2.45, 2.75) is 24.8 Å². The maximum Gasteiger partial charge on any atom is 0.416 e. The van der Waals surface area contributed by atoms with E-state index in [0.717, 1.165) is 12.1 Å². The van der Waals surface area contributed by atoms with Gasteiger partial charge < -0.3 is 9.84 Å². The molecule has 0 unspecified atom stereocenters. The van der Waals surface area contributed by atoms with Crippen LogP contribution in [-0.2, 0) is 17.5 Å².